The molecule has 0 saturated carbocycles. The van der Waals surface area contributed by atoms with E-state index < -0.39 is 10.0 Å². The van der Waals surface area contributed by atoms with E-state index in [0.29, 0.717) is 37.6 Å². The summed E-state index contributed by atoms with van der Waals surface area (Å²) in [6, 6.07) is 12.5. The van der Waals surface area contributed by atoms with E-state index in [1.165, 1.54) is 4.31 Å². The van der Waals surface area contributed by atoms with Gasteiger partial charge in [0.05, 0.1) is 18.0 Å². The van der Waals surface area contributed by atoms with E-state index >= 15 is 0 Å². The van der Waals surface area contributed by atoms with Gasteiger partial charge in [0.25, 0.3) is 0 Å². The minimum atomic E-state index is -3.53. The molecular weight excluding hydrogens is 414 g/mol. The monoisotopic (exact) mass is 445 g/mol. The number of rotatable bonds is 7. The lowest BCUT2D eigenvalue weighted by molar-refractivity contribution is -0.126. The van der Waals surface area contributed by atoms with Crippen LogP contribution in [0.1, 0.15) is 23.6 Å². The van der Waals surface area contributed by atoms with Gasteiger partial charge in [0, 0.05) is 38.3 Å². The number of piperazine rings is 1. The average molecular weight is 446 g/mol. The fourth-order valence-electron chi connectivity index (χ4n) is 3.70. The lowest BCUT2D eigenvalue weighted by Crippen LogP contribution is -2.54. The number of aryl methyl sites for hydroxylation is 2. The first-order valence-electron chi connectivity index (χ1n) is 10.4. The van der Waals surface area contributed by atoms with Gasteiger partial charge in [-0.2, -0.15) is 4.31 Å². The molecule has 8 heteroatoms. The zero-order valence-electron chi connectivity index (χ0n) is 18.6. The molecule has 0 radical (unpaired) electrons. The first kappa shape index (κ1) is 23.2. The second-order valence-electron chi connectivity index (χ2n) is 7.89. The number of para-hydroxylation sites is 1. The van der Waals surface area contributed by atoms with E-state index in [1.54, 1.807) is 19.2 Å². The van der Waals surface area contributed by atoms with Crippen molar-refractivity contribution in [1.82, 2.24) is 14.5 Å². The Kier molecular flexibility index (Phi) is 7.35. The first-order valence-corrected chi connectivity index (χ1v) is 11.9. The number of ether oxygens (including phenoxy) is 1. The fraction of sp³-hybridized carbons (Fsp3) is 0.435. The van der Waals surface area contributed by atoms with E-state index in [4.69, 9.17) is 4.74 Å². The number of carbonyl (C=O) groups is 1. The number of amides is 1. The number of hydrogen-bond acceptors (Lipinski definition) is 5. The maximum absolute atomic E-state index is 13.0. The van der Waals surface area contributed by atoms with Crippen molar-refractivity contribution >= 4 is 15.9 Å². The number of hydrogen-bond donors (Lipinski definition) is 1. The summed E-state index contributed by atoms with van der Waals surface area (Å²) >= 11 is 0. The van der Waals surface area contributed by atoms with Crippen molar-refractivity contribution in [3.8, 4) is 5.75 Å². The van der Waals surface area contributed by atoms with Crippen LogP contribution in [0.25, 0.3) is 0 Å². The van der Waals surface area contributed by atoms with Gasteiger partial charge in [-0.15, -0.1) is 0 Å². The number of nitrogens with one attached hydrogen (secondary N) is 1. The fourth-order valence-corrected chi connectivity index (χ4v) is 5.21. The molecule has 0 aromatic heterocycles. The topological polar surface area (TPSA) is 79.0 Å². The molecule has 1 aliphatic heterocycles. The Morgan fingerprint density at radius 3 is 2.39 bits per heavy atom. The van der Waals surface area contributed by atoms with Gasteiger partial charge in [-0.3, -0.25) is 9.69 Å². The predicted molar refractivity (Wildman–Crippen MR) is 121 cm³/mol. The summed E-state index contributed by atoms with van der Waals surface area (Å²) in [5, 5.41) is 2.96. The van der Waals surface area contributed by atoms with Gasteiger partial charge < -0.3 is 10.1 Å². The molecule has 31 heavy (non-hydrogen) atoms. The van der Waals surface area contributed by atoms with Gasteiger partial charge in [0.15, 0.2) is 0 Å². The van der Waals surface area contributed by atoms with E-state index in [-0.39, 0.29) is 11.9 Å². The molecule has 1 unspecified atom stereocenters. The largest absolute Gasteiger partial charge is 0.496 e. The number of nitrogens with zero attached hydrogens (tertiary/aromatic N) is 2. The molecule has 1 aliphatic rings. The quantitative estimate of drug-likeness (QED) is 0.708. The molecule has 2 aromatic carbocycles. The van der Waals surface area contributed by atoms with Crippen LogP contribution in [0.15, 0.2) is 47.4 Å². The molecule has 0 bridgehead atoms. The second kappa shape index (κ2) is 9.80. The van der Waals surface area contributed by atoms with Gasteiger partial charge in [0.1, 0.15) is 5.75 Å². The molecule has 1 saturated heterocycles. The van der Waals surface area contributed by atoms with Gasteiger partial charge in [-0.25, -0.2) is 8.42 Å². The molecule has 0 spiro atoms. The number of sulfonamides is 1. The van der Waals surface area contributed by atoms with Crippen molar-refractivity contribution in [2.75, 3.05) is 33.3 Å². The Balaban J connectivity index is 1.57. The third-order valence-electron chi connectivity index (χ3n) is 5.96. The maximum Gasteiger partial charge on any atom is 0.243 e. The molecule has 1 amide bonds. The van der Waals surface area contributed by atoms with Gasteiger partial charge >= 0.3 is 0 Å². The van der Waals surface area contributed by atoms with Crippen molar-refractivity contribution in [3.63, 3.8) is 0 Å². The molecule has 0 aliphatic carbocycles. The summed E-state index contributed by atoms with van der Waals surface area (Å²) in [7, 11) is -1.93. The maximum atomic E-state index is 13.0. The lowest BCUT2D eigenvalue weighted by atomic mass is 10.1. The summed E-state index contributed by atoms with van der Waals surface area (Å²) in [5.41, 5.74) is 2.94. The normalized spacial score (nSPS) is 16.6. The van der Waals surface area contributed by atoms with Crippen LogP contribution in [0.2, 0.25) is 0 Å². The average Bonchev–Trinajstić information content (AvgIpc) is 2.78. The third kappa shape index (κ3) is 5.26. The highest BCUT2D eigenvalue weighted by Gasteiger charge is 2.31. The molecular formula is C23H31N3O4S. The van der Waals surface area contributed by atoms with Crippen molar-refractivity contribution in [3.05, 3.63) is 59.2 Å². The Hall–Kier alpha value is -2.42. The Morgan fingerprint density at radius 2 is 1.74 bits per heavy atom. The summed E-state index contributed by atoms with van der Waals surface area (Å²) < 4.78 is 32.8. The highest BCUT2D eigenvalue weighted by Crippen LogP contribution is 2.21. The highest BCUT2D eigenvalue weighted by atomic mass is 32.2. The van der Waals surface area contributed by atoms with Crippen molar-refractivity contribution in [2.45, 2.75) is 38.3 Å². The van der Waals surface area contributed by atoms with E-state index in [9.17, 15) is 13.2 Å². The van der Waals surface area contributed by atoms with Crippen LogP contribution in [0.4, 0.5) is 0 Å². The van der Waals surface area contributed by atoms with Gasteiger partial charge in [-0.05, 0) is 50.1 Å². The summed E-state index contributed by atoms with van der Waals surface area (Å²) in [5.74, 6) is 0.650. The minimum absolute atomic E-state index is 0.0867. The number of benzene rings is 2. The van der Waals surface area contributed by atoms with Crippen LogP contribution in [0.5, 0.6) is 5.75 Å². The zero-order chi connectivity index (χ0) is 22.6. The standard InChI is InChI=1S/C23H31N3O4S/c1-17-9-10-21(15-18(17)2)31(28,29)26-13-11-25(12-14-26)19(3)23(27)24-16-20-7-5-6-8-22(20)30-4/h5-10,15,19H,11-14,16H2,1-4H3,(H,24,27). The Morgan fingerprint density at radius 1 is 1.06 bits per heavy atom. The van der Waals surface area contributed by atoms with E-state index in [1.807, 2.05) is 56.0 Å². The van der Waals surface area contributed by atoms with E-state index in [2.05, 4.69) is 5.32 Å². The number of methoxy groups -OCH3 is 1. The molecule has 1 fully saturated rings. The highest BCUT2D eigenvalue weighted by molar-refractivity contribution is 7.89. The van der Waals surface area contributed by atoms with Crippen LogP contribution in [-0.2, 0) is 21.4 Å². The van der Waals surface area contributed by atoms with Crippen LogP contribution in [-0.4, -0.2) is 62.9 Å². The lowest BCUT2D eigenvalue weighted by Gasteiger charge is -2.36. The molecule has 1 N–H and O–H groups in total. The van der Waals surface area contributed by atoms with Crippen LogP contribution in [0.3, 0.4) is 0 Å². The molecule has 168 valence electrons. The summed E-state index contributed by atoms with van der Waals surface area (Å²) in [6.07, 6.45) is 0. The van der Waals surface area contributed by atoms with Gasteiger partial charge in [0.2, 0.25) is 15.9 Å². The Labute approximate surface area is 185 Å². The summed E-state index contributed by atoms with van der Waals surface area (Å²) in [6.45, 7) is 7.85. The smallest absolute Gasteiger partial charge is 0.243 e. The first-order chi connectivity index (χ1) is 14.7. The van der Waals surface area contributed by atoms with E-state index in [0.717, 1.165) is 22.4 Å². The second-order valence-corrected chi connectivity index (χ2v) is 9.83. The minimum Gasteiger partial charge on any atom is -0.496 e. The van der Waals surface area contributed by atoms with Crippen LogP contribution < -0.4 is 10.1 Å². The Bertz CT molecular complexity index is 1030. The van der Waals surface area contributed by atoms with Crippen LogP contribution >= 0.6 is 0 Å². The summed E-state index contributed by atoms with van der Waals surface area (Å²) in [4.78, 5) is 15.0. The van der Waals surface area contributed by atoms with Crippen molar-refractivity contribution in [1.29, 1.82) is 0 Å². The molecule has 1 atom stereocenters. The van der Waals surface area contributed by atoms with Gasteiger partial charge in [-0.1, -0.05) is 24.3 Å². The van der Waals surface area contributed by atoms with Crippen molar-refractivity contribution < 1.29 is 17.9 Å². The van der Waals surface area contributed by atoms with Crippen LogP contribution in [0, 0.1) is 13.8 Å². The molecule has 2 aromatic rings. The molecule has 7 nitrogen and oxygen atoms in total. The van der Waals surface area contributed by atoms with Crippen molar-refractivity contribution in [2.24, 2.45) is 0 Å². The SMILES string of the molecule is COc1ccccc1CNC(=O)C(C)N1CCN(S(=O)(=O)c2ccc(C)c(C)c2)CC1. The predicted octanol–water partition coefficient (Wildman–Crippen LogP) is 2.32. The zero-order valence-corrected chi connectivity index (χ0v) is 19.4. The molecule has 1 heterocycles. The number of carbonyl (C=O) groups excluding carboxylic acids is 1. The molecule has 3 rings (SSSR count). The third-order valence-corrected chi connectivity index (χ3v) is 7.86.